The van der Waals surface area contributed by atoms with Crippen LogP contribution in [0.1, 0.15) is 99.2 Å². The molecule has 0 radical (unpaired) electrons. The first kappa shape index (κ1) is 30.1. The van der Waals surface area contributed by atoms with Crippen LogP contribution in [0.15, 0.2) is 66.7 Å². The number of aliphatic hydroxyl groups excluding tert-OH is 1. The number of benzene rings is 3. The zero-order valence-corrected chi connectivity index (χ0v) is 24.9. The van der Waals surface area contributed by atoms with Gasteiger partial charge in [0.05, 0.1) is 29.9 Å². The number of hydrogen-bond donors (Lipinski definition) is 2. The number of aliphatic hydroxyl groups is 1. The van der Waals surface area contributed by atoms with Crippen LogP contribution in [-0.4, -0.2) is 53.6 Å². The molecule has 2 saturated heterocycles. The summed E-state index contributed by atoms with van der Waals surface area (Å²) in [5.41, 5.74) is 3.66. The first-order valence-electron chi connectivity index (χ1n) is 15.4. The van der Waals surface area contributed by atoms with Crippen molar-refractivity contribution in [1.29, 1.82) is 0 Å². The lowest BCUT2D eigenvalue weighted by Crippen LogP contribution is -2.45. The second-order valence-corrected chi connectivity index (χ2v) is 11.9. The van der Waals surface area contributed by atoms with E-state index < -0.39 is 24.1 Å². The summed E-state index contributed by atoms with van der Waals surface area (Å²) in [6, 6.07) is 19.5. The molecule has 3 heterocycles. The molecule has 3 aromatic carbocycles. The fourth-order valence-corrected chi connectivity index (χ4v) is 6.27. The lowest BCUT2D eigenvalue weighted by molar-refractivity contribution is -0.276. The first-order chi connectivity index (χ1) is 21.4. The van der Waals surface area contributed by atoms with E-state index in [9.17, 15) is 19.5 Å². The predicted octanol–water partition coefficient (Wildman–Crippen LogP) is 5.80. The Morgan fingerprint density at radius 1 is 0.864 bits per heavy atom. The first-order valence-corrected chi connectivity index (χ1v) is 15.4. The van der Waals surface area contributed by atoms with Gasteiger partial charge in [0.2, 0.25) is 0 Å². The van der Waals surface area contributed by atoms with Crippen LogP contribution in [0.3, 0.4) is 0 Å². The molecule has 3 aromatic rings. The lowest BCUT2D eigenvalue weighted by Gasteiger charge is -2.43. The van der Waals surface area contributed by atoms with E-state index in [0.29, 0.717) is 5.69 Å². The van der Waals surface area contributed by atoms with Crippen molar-refractivity contribution in [2.45, 2.75) is 64.1 Å². The fraction of sp³-hybridized carbons (Fsp3) is 0.400. The molecular formula is C35H38N2O7. The third-order valence-corrected chi connectivity index (χ3v) is 8.83. The summed E-state index contributed by atoms with van der Waals surface area (Å²) in [7, 11) is 0. The van der Waals surface area contributed by atoms with Gasteiger partial charge in [0.25, 0.3) is 5.91 Å². The maximum Gasteiger partial charge on any atom is 0.346 e. The number of nitrogens with zero attached hydrogens (tertiary/aromatic N) is 1. The molecule has 3 aliphatic heterocycles. The molecule has 3 aliphatic rings. The third-order valence-electron chi connectivity index (χ3n) is 8.83. The van der Waals surface area contributed by atoms with Gasteiger partial charge in [0.1, 0.15) is 0 Å². The maximum absolute atomic E-state index is 13.1. The van der Waals surface area contributed by atoms with E-state index in [1.54, 1.807) is 6.07 Å². The molecular weight excluding hydrogens is 560 g/mol. The van der Waals surface area contributed by atoms with E-state index >= 15 is 0 Å². The van der Waals surface area contributed by atoms with Crippen molar-refractivity contribution in [2.24, 2.45) is 5.92 Å². The predicted molar refractivity (Wildman–Crippen MR) is 163 cm³/mol. The number of amides is 1. The molecule has 6 rings (SSSR count). The van der Waals surface area contributed by atoms with E-state index in [1.165, 1.54) is 50.3 Å². The third kappa shape index (κ3) is 6.61. The van der Waals surface area contributed by atoms with Gasteiger partial charge in [-0.2, -0.15) is 0 Å². The van der Waals surface area contributed by atoms with Crippen molar-refractivity contribution in [3.63, 3.8) is 0 Å². The Morgan fingerprint density at radius 2 is 1.59 bits per heavy atom. The number of fused-ring (bicyclic) bond motifs is 1. The molecule has 9 nitrogen and oxygen atoms in total. The summed E-state index contributed by atoms with van der Waals surface area (Å²) in [5.74, 6) is -1.81. The smallest absolute Gasteiger partial charge is 0.346 e. The number of rotatable bonds is 7. The van der Waals surface area contributed by atoms with Crippen LogP contribution in [0.4, 0.5) is 5.69 Å². The number of nitrogens with one attached hydrogen (secondary N) is 1. The number of likely N-dealkylation sites (tertiary alicyclic amines) is 1. The summed E-state index contributed by atoms with van der Waals surface area (Å²) in [6.07, 6.45) is 5.23. The van der Waals surface area contributed by atoms with Gasteiger partial charge >= 0.3 is 11.9 Å². The van der Waals surface area contributed by atoms with Crippen LogP contribution < -0.4 is 5.32 Å². The van der Waals surface area contributed by atoms with Crippen LogP contribution >= 0.6 is 0 Å². The van der Waals surface area contributed by atoms with E-state index in [-0.39, 0.29) is 41.4 Å². The lowest BCUT2D eigenvalue weighted by atomic mass is 9.89. The molecule has 230 valence electrons. The van der Waals surface area contributed by atoms with Crippen LogP contribution in [0, 0.1) is 5.92 Å². The van der Waals surface area contributed by atoms with E-state index in [0.717, 1.165) is 36.3 Å². The van der Waals surface area contributed by atoms with Crippen LogP contribution in [0.5, 0.6) is 0 Å². The molecule has 0 aromatic heterocycles. The molecule has 44 heavy (non-hydrogen) atoms. The number of hydrogen-bond acceptors (Lipinski definition) is 8. The molecule has 1 unspecified atom stereocenters. The molecule has 0 spiro atoms. The Kier molecular flexibility index (Phi) is 9.18. The number of carbonyl (C=O) groups excluding carboxylic acids is 3. The summed E-state index contributed by atoms with van der Waals surface area (Å²) in [5, 5.41) is 12.4. The van der Waals surface area contributed by atoms with Gasteiger partial charge in [0.15, 0.2) is 6.29 Å². The summed E-state index contributed by atoms with van der Waals surface area (Å²) < 4.78 is 17.9. The number of anilines is 1. The van der Waals surface area contributed by atoms with E-state index in [4.69, 9.17) is 9.47 Å². The molecule has 0 bridgehead atoms. The Bertz CT molecular complexity index is 1510. The van der Waals surface area contributed by atoms with Gasteiger partial charge in [-0.15, -0.1) is 0 Å². The van der Waals surface area contributed by atoms with Crippen LogP contribution in [0.25, 0.3) is 0 Å². The van der Waals surface area contributed by atoms with E-state index in [1.807, 2.05) is 42.5 Å². The van der Waals surface area contributed by atoms with E-state index in [2.05, 4.69) is 21.9 Å². The zero-order valence-electron chi connectivity index (χ0n) is 24.9. The maximum atomic E-state index is 13.1. The van der Waals surface area contributed by atoms with Crippen LogP contribution in [-0.2, 0) is 20.8 Å². The van der Waals surface area contributed by atoms with Gasteiger partial charge in [0, 0.05) is 29.3 Å². The second kappa shape index (κ2) is 13.4. The average molecular weight is 599 g/mol. The van der Waals surface area contributed by atoms with Crippen LogP contribution in [0.2, 0.25) is 0 Å². The highest BCUT2D eigenvalue weighted by Gasteiger charge is 2.39. The fourth-order valence-electron chi connectivity index (χ4n) is 6.27. The Balaban J connectivity index is 1.23. The quantitative estimate of drug-likeness (QED) is 0.259. The minimum absolute atomic E-state index is 0.0170. The largest absolute Gasteiger partial charge is 0.392 e. The van der Waals surface area contributed by atoms with Crippen molar-refractivity contribution < 1.29 is 33.7 Å². The number of cyclic esters (lactones) is 2. The Hall–Kier alpha value is -3.89. The van der Waals surface area contributed by atoms with Gasteiger partial charge in [-0.3, -0.25) is 4.79 Å². The molecule has 1 amide bonds. The molecule has 4 atom stereocenters. The normalized spacial score (nSPS) is 24.2. The highest BCUT2D eigenvalue weighted by Crippen LogP contribution is 2.42. The highest BCUT2D eigenvalue weighted by molar-refractivity contribution is 6.16. The van der Waals surface area contributed by atoms with Gasteiger partial charge in [-0.05, 0) is 67.4 Å². The second-order valence-electron chi connectivity index (χ2n) is 11.9. The summed E-state index contributed by atoms with van der Waals surface area (Å²) in [4.78, 5) is 39.4. The summed E-state index contributed by atoms with van der Waals surface area (Å²) >= 11 is 0. The average Bonchev–Trinajstić information content (AvgIpc) is 3.31. The minimum Gasteiger partial charge on any atom is -0.392 e. The molecule has 0 saturated carbocycles. The van der Waals surface area contributed by atoms with Crippen molar-refractivity contribution in [3.8, 4) is 0 Å². The number of esters is 2. The molecule has 2 N–H and O–H groups in total. The molecule has 9 heteroatoms. The van der Waals surface area contributed by atoms with Crippen molar-refractivity contribution in [3.05, 3.63) is 100 Å². The van der Waals surface area contributed by atoms with Crippen molar-refractivity contribution >= 4 is 23.5 Å². The topological polar surface area (TPSA) is 114 Å². The summed E-state index contributed by atoms with van der Waals surface area (Å²) in [6.45, 7) is 5.09. The SMILES string of the molecule is C[C@H]1[C@@H](CN2CCCCCCC2)OC(c2cccc(NC(=O)c3ccc4c(c3)C(=O)OC4=O)c2)O[C@H]1c1ccc(CO)cc1. The van der Waals surface area contributed by atoms with Gasteiger partial charge in [-0.1, -0.05) is 62.6 Å². The number of carbonyl (C=O) groups is 3. The Labute approximate surface area is 257 Å². The zero-order chi connectivity index (χ0) is 30.6. The highest BCUT2D eigenvalue weighted by atomic mass is 16.7. The van der Waals surface area contributed by atoms with Crippen molar-refractivity contribution in [1.82, 2.24) is 4.90 Å². The molecule has 0 aliphatic carbocycles. The molecule has 2 fully saturated rings. The monoisotopic (exact) mass is 598 g/mol. The van der Waals surface area contributed by atoms with Crippen molar-refractivity contribution in [2.75, 3.05) is 25.0 Å². The Morgan fingerprint density at radius 3 is 2.34 bits per heavy atom. The van der Waals surface area contributed by atoms with Gasteiger partial charge in [-0.25, -0.2) is 9.59 Å². The minimum atomic E-state index is -0.756. The number of ether oxygens (including phenoxy) is 3. The standard InChI is InChI=1S/C35H38N2O7/c1-22-30(20-37-16-5-3-2-4-6-17-37)42-35(43-31(22)24-12-10-23(21-38)11-13-24)26-8-7-9-27(18-26)36-32(39)25-14-15-28-29(19-25)34(41)44-33(28)40/h7-15,18-19,22,30-31,35,38H,2-6,16-17,20-21H2,1H3,(H,36,39)/t22-,30+,31+,35?/m0/s1. The van der Waals surface area contributed by atoms with Gasteiger partial charge < -0.3 is 29.5 Å².